The number of benzene rings is 2. The van der Waals surface area contributed by atoms with Gasteiger partial charge in [0.15, 0.2) is 5.82 Å². The Morgan fingerprint density at radius 1 is 1.16 bits per heavy atom. The van der Waals surface area contributed by atoms with E-state index in [9.17, 15) is 24.2 Å². The lowest BCUT2D eigenvalue weighted by molar-refractivity contribution is 0.0692. The highest BCUT2D eigenvalue weighted by Crippen LogP contribution is 2.35. The van der Waals surface area contributed by atoms with Gasteiger partial charge in [0.05, 0.1) is 37.1 Å². The van der Waals surface area contributed by atoms with E-state index in [1.165, 1.54) is 18.3 Å². The maximum Gasteiger partial charge on any atom is 0.341 e. The maximum absolute atomic E-state index is 15.0. The van der Waals surface area contributed by atoms with Crippen LogP contribution in [0.25, 0.3) is 10.9 Å². The van der Waals surface area contributed by atoms with Crippen LogP contribution in [0.2, 0.25) is 5.02 Å². The molecule has 0 aliphatic carbocycles. The smallest absolute Gasteiger partial charge is 0.341 e. The number of carbonyl (C=O) groups is 1. The summed E-state index contributed by atoms with van der Waals surface area (Å²) in [6.45, 7) is 7.13. The minimum absolute atomic E-state index is 0.00144. The number of nitrogens with zero attached hydrogens (tertiary/aromatic N) is 2. The molecule has 37 heavy (non-hydrogen) atoms. The lowest BCUT2D eigenvalue weighted by atomic mass is 9.86. The molecule has 3 aromatic rings. The van der Waals surface area contributed by atoms with Crippen LogP contribution in [-0.2, 0) is 11.2 Å². The molecule has 2 heterocycles. The third-order valence-corrected chi connectivity index (χ3v) is 7.12. The minimum Gasteiger partial charge on any atom is -0.477 e. The Morgan fingerprint density at radius 3 is 2.43 bits per heavy atom. The van der Waals surface area contributed by atoms with E-state index in [1.54, 1.807) is 21.6 Å². The van der Waals surface area contributed by atoms with Crippen LogP contribution in [-0.4, -0.2) is 53.7 Å². The van der Waals surface area contributed by atoms with E-state index in [1.807, 2.05) is 20.8 Å². The van der Waals surface area contributed by atoms with E-state index in [2.05, 4.69) is 0 Å². The van der Waals surface area contributed by atoms with E-state index in [-0.39, 0.29) is 29.7 Å². The zero-order chi connectivity index (χ0) is 27.1. The Bertz CT molecular complexity index is 1410. The van der Waals surface area contributed by atoms with Crippen molar-refractivity contribution in [2.24, 2.45) is 5.41 Å². The molecule has 2 aromatic carbocycles. The summed E-state index contributed by atoms with van der Waals surface area (Å²) in [5.41, 5.74) is -0.281. The highest BCUT2D eigenvalue weighted by Gasteiger charge is 2.28. The van der Waals surface area contributed by atoms with Gasteiger partial charge in [-0.25, -0.2) is 13.6 Å². The zero-order valence-electron chi connectivity index (χ0n) is 20.9. The number of hydrogen-bond acceptors (Lipinski definition) is 5. The number of pyridine rings is 1. The Hall–Kier alpha value is -3.01. The quantitative estimate of drug-likeness (QED) is 0.448. The van der Waals surface area contributed by atoms with Gasteiger partial charge in [-0.05, 0) is 34.7 Å². The normalized spacial score (nSPS) is 15.3. The molecular formula is C27H29ClF2N2O5. The molecule has 0 saturated carbocycles. The Morgan fingerprint density at radius 2 is 1.84 bits per heavy atom. The van der Waals surface area contributed by atoms with E-state index in [4.69, 9.17) is 16.3 Å². The highest BCUT2D eigenvalue weighted by atomic mass is 35.5. The number of hydrogen-bond donors (Lipinski definition) is 2. The summed E-state index contributed by atoms with van der Waals surface area (Å²) in [5.74, 6) is -3.11. The van der Waals surface area contributed by atoms with Gasteiger partial charge in [0.1, 0.15) is 16.4 Å². The largest absolute Gasteiger partial charge is 0.477 e. The second kappa shape index (κ2) is 10.4. The maximum atomic E-state index is 15.0. The second-order valence-corrected chi connectivity index (χ2v) is 10.7. The lowest BCUT2D eigenvalue weighted by Crippen LogP contribution is -2.37. The molecule has 0 radical (unpaired) electrons. The number of carboxylic acid groups (broad SMARTS) is 1. The SMILES string of the molecule is CC(C)(C)[C@@H](CO)n1cc(C(=O)O)c(=O)c2cc(Cc3cc(N4CCOCC4)c(F)c(Cl)c3F)ccc21. The molecule has 1 aromatic heterocycles. The topological polar surface area (TPSA) is 92.0 Å². The van der Waals surface area contributed by atoms with Crippen LogP contribution in [0.5, 0.6) is 0 Å². The number of morpholine rings is 1. The standard InChI is InChI=1S/C27H29ClF2N2O5/c1-27(2,3)21(14-33)32-13-18(26(35)36)25(34)17-11-15(4-5-19(17)32)10-16-12-20(24(30)22(28)23(16)29)31-6-8-37-9-7-31/h4-5,11-13,21,33H,6-10,14H2,1-3H3,(H,35,36)/t21-/m1/s1. The van der Waals surface area contributed by atoms with Gasteiger partial charge in [0, 0.05) is 31.1 Å². The van der Waals surface area contributed by atoms with Gasteiger partial charge >= 0.3 is 5.97 Å². The fraction of sp³-hybridized carbons (Fsp3) is 0.407. The highest BCUT2D eigenvalue weighted by molar-refractivity contribution is 6.31. The molecule has 1 aliphatic heterocycles. The van der Waals surface area contributed by atoms with Gasteiger partial charge in [0.2, 0.25) is 5.43 Å². The molecule has 7 nitrogen and oxygen atoms in total. The Balaban J connectivity index is 1.84. The van der Waals surface area contributed by atoms with E-state index < -0.39 is 45.1 Å². The fourth-order valence-electron chi connectivity index (χ4n) is 4.73. The number of fused-ring (bicyclic) bond motifs is 1. The van der Waals surface area contributed by atoms with Crippen molar-refractivity contribution in [2.45, 2.75) is 33.2 Å². The number of ether oxygens (including phenoxy) is 1. The minimum atomic E-state index is -1.39. The van der Waals surface area contributed by atoms with Crippen LogP contribution in [0.1, 0.15) is 48.3 Å². The van der Waals surface area contributed by atoms with Crippen LogP contribution < -0.4 is 10.3 Å². The van der Waals surface area contributed by atoms with Crippen molar-refractivity contribution in [1.29, 1.82) is 0 Å². The van der Waals surface area contributed by atoms with Crippen molar-refractivity contribution in [3.63, 3.8) is 0 Å². The first-order valence-electron chi connectivity index (χ1n) is 11.9. The summed E-state index contributed by atoms with van der Waals surface area (Å²) < 4.78 is 36.8. The molecule has 0 amide bonds. The summed E-state index contributed by atoms with van der Waals surface area (Å²) in [7, 11) is 0. The van der Waals surface area contributed by atoms with Gasteiger partial charge in [-0.2, -0.15) is 0 Å². The van der Waals surface area contributed by atoms with Crippen molar-refractivity contribution in [3.8, 4) is 0 Å². The number of anilines is 1. The van der Waals surface area contributed by atoms with E-state index in [0.29, 0.717) is 37.4 Å². The first-order valence-corrected chi connectivity index (χ1v) is 12.3. The number of halogens is 3. The molecular weight excluding hydrogens is 506 g/mol. The van der Waals surface area contributed by atoms with Crippen molar-refractivity contribution in [1.82, 2.24) is 4.57 Å². The van der Waals surface area contributed by atoms with E-state index in [0.717, 1.165) is 0 Å². The molecule has 1 saturated heterocycles. The molecule has 1 aliphatic rings. The molecule has 10 heteroatoms. The molecule has 1 atom stereocenters. The van der Waals surface area contributed by atoms with Crippen molar-refractivity contribution in [2.75, 3.05) is 37.8 Å². The molecule has 1 fully saturated rings. The summed E-state index contributed by atoms with van der Waals surface area (Å²) in [4.78, 5) is 26.7. The fourth-order valence-corrected chi connectivity index (χ4v) is 4.94. The molecule has 2 N–H and O–H groups in total. The van der Waals surface area contributed by atoms with Crippen LogP contribution in [0.15, 0.2) is 35.3 Å². The number of rotatable bonds is 6. The molecule has 0 unspecified atom stereocenters. The van der Waals surface area contributed by atoms with Gasteiger partial charge < -0.3 is 24.4 Å². The average Bonchev–Trinajstić information content (AvgIpc) is 2.85. The average molecular weight is 535 g/mol. The number of aromatic nitrogens is 1. The van der Waals surface area contributed by atoms with Crippen molar-refractivity contribution < 1.29 is 28.5 Å². The molecule has 198 valence electrons. The Kier molecular flexibility index (Phi) is 7.60. The van der Waals surface area contributed by atoms with Crippen molar-refractivity contribution >= 4 is 34.2 Å². The van der Waals surface area contributed by atoms with Gasteiger partial charge in [0.25, 0.3) is 0 Å². The van der Waals surface area contributed by atoms with Crippen LogP contribution >= 0.6 is 11.6 Å². The van der Waals surface area contributed by atoms with E-state index >= 15 is 4.39 Å². The van der Waals surface area contributed by atoms with Crippen molar-refractivity contribution in [3.05, 3.63) is 74.0 Å². The zero-order valence-corrected chi connectivity index (χ0v) is 21.6. The van der Waals surface area contributed by atoms with Gasteiger partial charge in [-0.3, -0.25) is 4.79 Å². The van der Waals surface area contributed by atoms with Crippen LogP contribution in [0, 0.1) is 17.0 Å². The number of aromatic carboxylic acids is 1. The van der Waals surface area contributed by atoms with Gasteiger partial charge in [-0.15, -0.1) is 0 Å². The summed E-state index contributed by atoms with van der Waals surface area (Å²) >= 11 is 6.01. The molecule has 4 rings (SSSR count). The molecule has 0 spiro atoms. The monoisotopic (exact) mass is 534 g/mol. The summed E-state index contributed by atoms with van der Waals surface area (Å²) in [6.07, 6.45) is 1.26. The predicted molar refractivity (Wildman–Crippen MR) is 138 cm³/mol. The second-order valence-electron chi connectivity index (χ2n) is 10.3. The van der Waals surface area contributed by atoms with Crippen LogP contribution in [0.4, 0.5) is 14.5 Å². The van der Waals surface area contributed by atoms with Gasteiger partial charge in [-0.1, -0.05) is 38.4 Å². The number of carboxylic acids is 1. The first kappa shape index (κ1) is 27.0. The number of aliphatic hydroxyl groups excluding tert-OH is 1. The predicted octanol–water partition coefficient (Wildman–Crippen LogP) is 4.64. The lowest BCUT2D eigenvalue weighted by Gasteiger charge is -2.32. The third-order valence-electron chi connectivity index (χ3n) is 6.78. The molecule has 0 bridgehead atoms. The summed E-state index contributed by atoms with van der Waals surface area (Å²) in [6, 6.07) is 5.77. The Labute approximate surface area is 217 Å². The summed E-state index contributed by atoms with van der Waals surface area (Å²) in [5, 5.41) is 19.3. The number of aliphatic hydroxyl groups is 1. The third kappa shape index (κ3) is 5.21. The van der Waals surface area contributed by atoms with Crippen LogP contribution in [0.3, 0.4) is 0 Å². The first-order chi connectivity index (χ1) is 17.4.